The van der Waals surface area contributed by atoms with Gasteiger partial charge in [-0.05, 0) is 46.6 Å². The predicted molar refractivity (Wildman–Crippen MR) is 133 cm³/mol. The second-order valence-corrected chi connectivity index (χ2v) is 9.83. The van der Waals surface area contributed by atoms with Crippen molar-refractivity contribution in [2.24, 2.45) is 5.92 Å². The van der Waals surface area contributed by atoms with Gasteiger partial charge >= 0.3 is 0 Å². The van der Waals surface area contributed by atoms with Gasteiger partial charge in [0.2, 0.25) is 0 Å². The van der Waals surface area contributed by atoms with Gasteiger partial charge in [0.25, 0.3) is 0 Å². The molecule has 0 spiro atoms. The van der Waals surface area contributed by atoms with Crippen molar-refractivity contribution >= 4 is 12.6 Å². The summed E-state index contributed by atoms with van der Waals surface area (Å²) in [6, 6.07) is 28.7. The van der Waals surface area contributed by atoms with Crippen LogP contribution in [0.1, 0.15) is 55.5 Å². The Morgan fingerprint density at radius 3 is 1.70 bits per heavy atom. The molecule has 0 aliphatic carbocycles. The van der Waals surface area contributed by atoms with E-state index in [1.807, 2.05) is 6.07 Å². The summed E-state index contributed by atoms with van der Waals surface area (Å²) in [6.07, 6.45) is 2.04. The lowest BCUT2D eigenvalue weighted by Gasteiger charge is -2.27. The molecule has 0 bridgehead atoms. The highest BCUT2D eigenvalue weighted by Crippen LogP contribution is 2.32. The molecule has 0 fully saturated rings. The van der Waals surface area contributed by atoms with Crippen LogP contribution in [0.25, 0.3) is 0 Å². The lowest BCUT2D eigenvalue weighted by atomic mass is 9.77. The minimum Gasteiger partial charge on any atom is -0.301 e. The van der Waals surface area contributed by atoms with Crippen LogP contribution in [0.2, 0.25) is 0 Å². The average molecular weight is 418 g/mol. The molecule has 2 heteroatoms. The Kier molecular flexibility index (Phi) is 7.80. The third kappa shape index (κ3) is 6.23. The fraction of sp³-hybridized carbons (Fsp3) is 0.357. The summed E-state index contributed by atoms with van der Waals surface area (Å²) in [4.78, 5) is 0. The Labute approximate surface area is 188 Å². The van der Waals surface area contributed by atoms with Crippen molar-refractivity contribution in [2.45, 2.75) is 57.9 Å². The van der Waals surface area contributed by atoms with Gasteiger partial charge in [0, 0.05) is 12.0 Å². The van der Waals surface area contributed by atoms with Crippen LogP contribution in [-0.4, -0.2) is 5.37 Å². The highest BCUT2D eigenvalue weighted by atomic mass is 32.1. The summed E-state index contributed by atoms with van der Waals surface area (Å²) in [6.45, 7) is 10.00. The van der Waals surface area contributed by atoms with E-state index in [1.165, 1.54) is 27.8 Å². The first kappa shape index (κ1) is 22.7. The average Bonchev–Trinajstić information content (AvgIpc) is 2.73. The zero-order chi connectivity index (χ0) is 21.6. The van der Waals surface area contributed by atoms with E-state index in [-0.39, 0.29) is 10.8 Å². The van der Waals surface area contributed by atoms with Crippen molar-refractivity contribution in [3.63, 3.8) is 0 Å². The minimum absolute atomic E-state index is 0.0131. The first-order valence-corrected chi connectivity index (χ1v) is 11.5. The molecule has 3 aromatic rings. The fourth-order valence-corrected chi connectivity index (χ4v) is 4.18. The standard InChI is InChI=1S/C28H35NS/c1-21(2)18-22-10-14-25(15-11-22)28(3,4)26-16-12-23(13-17-26)19-27(30)29-20-24-8-6-5-7-9-24/h5-17,21,27,29-30H,18-20H2,1-4H3. The van der Waals surface area contributed by atoms with Crippen LogP contribution in [0.3, 0.4) is 0 Å². The summed E-state index contributed by atoms with van der Waals surface area (Å²) in [5.74, 6) is 0.689. The largest absolute Gasteiger partial charge is 0.301 e. The van der Waals surface area contributed by atoms with E-state index in [1.54, 1.807) is 0 Å². The molecule has 1 nitrogen and oxygen atoms in total. The maximum absolute atomic E-state index is 4.73. The molecule has 0 aliphatic heterocycles. The zero-order valence-electron chi connectivity index (χ0n) is 18.7. The molecular weight excluding hydrogens is 382 g/mol. The maximum Gasteiger partial charge on any atom is 0.0545 e. The van der Waals surface area contributed by atoms with E-state index in [4.69, 9.17) is 12.6 Å². The van der Waals surface area contributed by atoms with E-state index in [9.17, 15) is 0 Å². The number of hydrogen-bond donors (Lipinski definition) is 2. The van der Waals surface area contributed by atoms with E-state index >= 15 is 0 Å². The molecule has 0 radical (unpaired) electrons. The lowest BCUT2D eigenvalue weighted by Crippen LogP contribution is -2.25. The topological polar surface area (TPSA) is 12.0 Å². The van der Waals surface area contributed by atoms with Crippen LogP contribution < -0.4 is 5.32 Å². The second kappa shape index (κ2) is 10.3. The number of hydrogen-bond acceptors (Lipinski definition) is 2. The number of thiol groups is 1. The Hall–Kier alpha value is -2.03. The van der Waals surface area contributed by atoms with Gasteiger partial charge in [-0.3, -0.25) is 0 Å². The van der Waals surface area contributed by atoms with Gasteiger partial charge < -0.3 is 5.32 Å². The molecule has 1 atom stereocenters. The molecule has 1 N–H and O–H groups in total. The molecule has 0 aromatic heterocycles. The van der Waals surface area contributed by atoms with Crippen molar-refractivity contribution in [1.82, 2.24) is 5.32 Å². The van der Waals surface area contributed by atoms with Crippen LogP contribution in [0.15, 0.2) is 78.9 Å². The van der Waals surface area contributed by atoms with Crippen LogP contribution in [0.4, 0.5) is 0 Å². The van der Waals surface area contributed by atoms with E-state index in [0.717, 1.165) is 19.4 Å². The Morgan fingerprint density at radius 2 is 1.20 bits per heavy atom. The van der Waals surface area contributed by atoms with Crippen LogP contribution >= 0.6 is 12.6 Å². The van der Waals surface area contributed by atoms with Crippen molar-refractivity contribution in [3.05, 3.63) is 107 Å². The van der Waals surface area contributed by atoms with Gasteiger partial charge in [-0.25, -0.2) is 0 Å². The summed E-state index contributed by atoms with van der Waals surface area (Å²) in [7, 11) is 0. The molecule has 0 saturated heterocycles. The molecule has 0 heterocycles. The van der Waals surface area contributed by atoms with Gasteiger partial charge in [0.1, 0.15) is 0 Å². The molecule has 158 valence electrons. The third-order valence-corrected chi connectivity index (χ3v) is 6.17. The summed E-state index contributed by atoms with van der Waals surface area (Å²) < 4.78 is 0. The first-order valence-electron chi connectivity index (χ1n) is 11.0. The van der Waals surface area contributed by atoms with Gasteiger partial charge in [-0.2, -0.15) is 12.6 Å². The fourth-order valence-electron chi connectivity index (χ4n) is 3.88. The van der Waals surface area contributed by atoms with Crippen LogP contribution in [-0.2, 0) is 24.8 Å². The number of benzene rings is 3. The molecule has 0 amide bonds. The lowest BCUT2D eigenvalue weighted by molar-refractivity contribution is 0.631. The Bertz CT molecular complexity index is 896. The molecule has 30 heavy (non-hydrogen) atoms. The normalized spacial score (nSPS) is 12.9. The van der Waals surface area contributed by atoms with Gasteiger partial charge in [-0.1, -0.05) is 107 Å². The monoisotopic (exact) mass is 417 g/mol. The van der Waals surface area contributed by atoms with E-state index in [0.29, 0.717) is 5.92 Å². The van der Waals surface area contributed by atoms with Crippen LogP contribution in [0.5, 0.6) is 0 Å². The number of nitrogens with one attached hydrogen (secondary N) is 1. The zero-order valence-corrected chi connectivity index (χ0v) is 19.6. The molecule has 3 rings (SSSR count). The van der Waals surface area contributed by atoms with Gasteiger partial charge in [-0.15, -0.1) is 0 Å². The summed E-state index contributed by atoms with van der Waals surface area (Å²) in [5.41, 5.74) is 6.70. The minimum atomic E-state index is -0.0131. The quantitative estimate of drug-likeness (QED) is 0.288. The smallest absolute Gasteiger partial charge is 0.0545 e. The van der Waals surface area contributed by atoms with Gasteiger partial charge in [0.15, 0.2) is 0 Å². The van der Waals surface area contributed by atoms with Crippen LogP contribution in [0, 0.1) is 5.92 Å². The molecule has 1 unspecified atom stereocenters. The highest BCUT2D eigenvalue weighted by molar-refractivity contribution is 7.80. The van der Waals surface area contributed by atoms with Crippen molar-refractivity contribution in [2.75, 3.05) is 0 Å². The maximum atomic E-state index is 4.73. The van der Waals surface area contributed by atoms with E-state index in [2.05, 4.69) is 106 Å². The number of rotatable bonds is 9. The summed E-state index contributed by atoms with van der Waals surface area (Å²) >= 11 is 4.73. The van der Waals surface area contributed by atoms with E-state index < -0.39 is 0 Å². The molecule has 3 aromatic carbocycles. The third-order valence-electron chi connectivity index (χ3n) is 5.81. The molecule has 0 saturated carbocycles. The van der Waals surface area contributed by atoms with Gasteiger partial charge in [0.05, 0.1) is 5.37 Å². The Balaban J connectivity index is 1.61. The van der Waals surface area contributed by atoms with Crippen molar-refractivity contribution < 1.29 is 0 Å². The highest BCUT2D eigenvalue weighted by Gasteiger charge is 2.23. The van der Waals surface area contributed by atoms with Crippen molar-refractivity contribution in [1.29, 1.82) is 0 Å². The van der Waals surface area contributed by atoms with Crippen molar-refractivity contribution in [3.8, 4) is 0 Å². The first-order chi connectivity index (χ1) is 14.3. The molecule has 0 aliphatic rings. The SMILES string of the molecule is CC(C)Cc1ccc(C(C)(C)c2ccc(CC(S)NCc3ccccc3)cc2)cc1. The second-order valence-electron chi connectivity index (χ2n) is 9.20. The molecular formula is C28H35NS. The Morgan fingerprint density at radius 1 is 0.700 bits per heavy atom. The predicted octanol–water partition coefficient (Wildman–Crippen LogP) is 6.80. The summed E-state index contributed by atoms with van der Waals surface area (Å²) in [5, 5.41) is 3.64.